The van der Waals surface area contributed by atoms with E-state index in [1.54, 1.807) is 7.11 Å². The summed E-state index contributed by atoms with van der Waals surface area (Å²) in [7, 11) is 1.60. The standard InChI is InChI=1S/C12H16N2O2/c1-15-12-8-10(9-14)4-5-11(12)16-7-3-2-6-13/h4-5,8H,2-3,7,9,14H2,1H3. The van der Waals surface area contributed by atoms with Crippen molar-refractivity contribution in [2.45, 2.75) is 19.4 Å². The van der Waals surface area contributed by atoms with Crippen molar-refractivity contribution in [2.24, 2.45) is 5.73 Å². The summed E-state index contributed by atoms with van der Waals surface area (Å²) in [5.74, 6) is 1.37. The van der Waals surface area contributed by atoms with Gasteiger partial charge in [-0.1, -0.05) is 6.07 Å². The number of nitrogens with two attached hydrogens (primary N) is 1. The third kappa shape index (κ3) is 3.44. The van der Waals surface area contributed by atoms with Crippen LogP contribution < -0.4 is 15.2 Å². The molecule has 0 radical (unpaired) electrons. The van der Waals surface area contributed by atoms with Gasteiger partial charge in [0.05, 0.1) is 19.8 Å². The number of benzene rings is 1. The van der Waals surface area contributed by atoms with Gasteiger partial charge in [-0.3, -0.25) is 0 Å². The molecule has 16 heavy (non-hydrogen) atoms. The molecule has 0 heterocycles. The summed E-state index contributed by atoms with van der Waals surface area (Å²) in [5, 5.41) is 8.39. The molecule has 0 aromatic heterocycles. The number of hydrogen-bond donors (Lipinski definition) is 1. The average Bonchev–Trinajstić information content (AvgIpc) is 2.34. The third-order valence-corrected chi connectivity index (χ3v) is 2.15. The molecular formula is C12H16N2O2. The largest absolute Gasteiger partial charge is 0.493 e. The van der Waals surface area contributed by atoms with Gasteiger partial charge >= 0.3 is 0 Å². The molecule has 0 aliphatic rings. The molecular weight excluding hydrogens is 204 g/mol. The van der Waals surface area contributed by atoms with Crippen LogP contribution in [0.25, 0.3) is 0 Å². The topological polar surface area (TPSA) is 68.3 Å². The van der Waals surface area contributed by atoms with E-state index < -0.39 is 0 Å². The molecule has 4 nitrogen and oxygen atoms in total. The zero-order chi connectivity index (χ0) is 11.8. The SMILES string of the molecule is COc1cc(CN)ccc1OCCCC#N. The first-order valence-corrected chi connectivity index (χ1v) is 5.18. The number of methoxy groups -OCH3 is 1. The van der Waals surface area contributed by atoms with Crippen LogP contribution in [0, 0.1) is 11.3 Å². The number of nitriles is 1. The second kappa shape index (κ2) is 6.70. The van der Waals surface area contributed by atoms with E-state index in [1.807, 2.05) is 18.2 Å². The summed E-state index contributed by atoms with van der Waals surface area (Å²) < 4.78 is 10.7. The van der Waals surface area contributed by atoms with Crippen molar-refractivity contribution >= 4 is 0 Å². The van der Waals surface area contributed by atoms with Crippen LogP contribution in [-0.2, 0) is 6.54 Å². The van der Waals surface area contributed by atoms with Crippen molar-refractivity contribution in [3.8, 4) is 17.6 Å². The van der Waals surface area contributed by atoms with Crippen LogP contribution in [0.3, 0.4) is 0 Å². The first kappa shape index (κ1) is 12.3. The Balaban J connectivity index is 2.61. The van der Waals surface area contributed by atoms with Crippen LogP contribution in [0.2, 0.25) is 0 Å². The van der Waals surface area contributed by atoms with Crippen molar-refractivity contribution in [3.63, 3.8) is 0 Å². The number of ether oxygens (including phenoxy) is 2. The van der Waals surface area contributed by atoms with Gasteiger partial charge in [-0.2, -0.15) is 5.26 Å². The summed E-state index contributed by atoms with van der Waals surface area (Å²) in [6.45, 7) is 0.997. The van der Waals surface area contributed by atoms with Crippen molar-refractivity contribution in [1.82, 2.24) is 0 Å². The quantitative estimate of drug-likeness (QED) is 0.743. The molecule has 0 spiro atoms. The van der Waals surface area contributed by atoms with E-state index in [2.05, 4.69) is 6.07 Å². The number of unbranched alkanes of at least 4 members (excludes halogenated alkanes) is 1. The van der Waals surface area contributed by atoms with E-state index in [9.17, 15) is 0 Å². The molecule has 4 heteroatoms. The highest BCUT2D eigenvalue weighted by Crippen LogP contribution is 2.28. The highest BCUT2D eigenvalue weighted by molar-refractivity contribution is 5.42. The fourth-order valence-electron chi connectivity index (χ4n) is 1.29. The molecule has 0 aliphatic heterocycles. The van der Waals surface area contributed by atoms with Gasteiger partial charge < -0.3 is 15.2 Å². The molecule has 0 fully saturated rings. The molecule has 0 saturated carbocycles. The molecule has 0 saturated heterocycles. The lowest BCUT2D eigenvalue weighted by Crippen LogP contribution is -2.01. The minimum absolute atomic E-state index is 0.477. The van der Waals surface area contributed by atoms with Gasteiger partial charge in [-0.15, -0.1) is 0 Å². The predicted molar refractivity (Wildman–Crippen MR) is 61.2 cm³/mol. The van der Waals surface area contributed by atoms with Gasteiger partial charge in [-0.05, 0) is 24.1 Å². The Bertz CT molecular complexity index is 372. The molecule has 0 bridgehead atoms. The van der Waals surface area contributed by atoms with Crippen LogP contribution in [0.15, 0.2) is 18.2 Å². The second-order valence-electron chi connectivity index (χ2n) is 3.30. The van der Waals surface area contributed by atoms with Crippen molar-refractivity contribution < 1.29 is 9.47 Å². The summed E-state index contributed by atoms with van der Waals surface area (Å²) in [6.07, 6.45) is 1.22. The molecule has 0 unspecified atom stereocenters. The minimum Gasteiger partial charge on any atom is -0.493 e. The Morgan fingerprint density at radius 3 is 2.81 bits per heavy atom. The zero-order valence-electron chi connectivity index (χ0n) is 9.40. The Kier molecular flexibility index (Phi) is 5.17. The number of nitrogens with zero attached hydrogens (tertiary/aromatic N) is 1. The fraction of sp³-hybridized carbons (Fsp3) is 0.417. The lowest BCUT2D eigenvalue weighted by Gasteiger charge is -2.11. The van der Waals surface area contributed by atoms with Crippen LogP contribution in [-0.4, -0.2) is 13.7 Å². The van der Waals surface area contributed by atoms with E-state index in [0.717, 1.165) is 12.0 Å². The highest BCUT2D eigenvalue weighted by Gasteiger charge is 2.04. The predicted octanol–water partition coefficient (Wildman–Crippen LogP) is 1.84. The summed E-state index contributed by atoms with van der Waals surface area (Å²) in [5.41, 5.74) is 6.53. The highest BCUT2D eigenvalue weighted by atomic mass is 16.5. The normalized spacial score (nSPS) is 9.56. The molecule has 0 amide bonds. The van der Waals surface area contributed by atoms with E-state index in [0.29, 0.717) is 31.1 Å². The van der Waals surface area contributed by atoms with Gasteiger partial charge in [0.1, 0.15) is 0 Å². The lowest BCUT2D eigenvalue weighted by molar-refractivity contribution is 0.290. The molecule has 86 valence electrons. The fourth-order valence-corrected chi connectivity index (χ4v) is 1.29. The zero-order valence-corrected chi connectivity index (χ0v) is 9.40. The van der Waals surface area contributed by atoms with Crippen molar-refractivity contribution in [3.05, 3.63) is 23.8 Å². The Labute approximate surface area is 95.6 Å². The van der Waals surface area contributed by atoms with Crippen LogP contribution >= 0.6 is 0 Å². The van der Waals surface area contributed by atoms with Gasteiger partial charge in [-0.25, -0.2) is 0 Å². The van der Waals surface area contributed by atoms with Gasteiger partial charge in [0.2, 0.25) is 0 Å². The van der Waals surface area contributed by atoms with Gasteiger partial charge in [0.15, 0.2) is 11.5 Å². The first-order chi connectivity index (χ1) is 7.81. The Hall–Kier alpha value is -1.73. The summed E-state index contributed by atoms with van der Waals surface area (Å²) in [6, 6.07) is 7.68. The maximum absolute atomic E-state index is 8.39. The van der Waals surface area contributed by atoms with Crippen LogP contribution in [0.5, 0.6) is 11.5 Å². The maximum Gasteiger partial charge on any atom is 0.161 e. The van der Waals surface area contributed by atoms with Crippen LogP contribution in [0.1, 0.15) is 18.4 Å². The minimum atomic E-state index is 0.477. The van der Waals surface area contributed by atoms with Crippen molar-refractivity contribution in [1.29, 1.82) is 5.26 Å². The molecule has 2 N–H and O–H groups in total. The maximum atomic E-state index is 8.39. The molecule has 1 rings (SSSR count). The molecule has 1 aromatic carbocycles. The number of hydrogen-bond acceptors (Lipinski definition) is 4. The van der Waals surface area contributed by atoms with Gasteiger partial charge in [0.25, 0.3) is 0 Å². The van der Waals surface area contributed by atoms with E-state index in [4.69, 9.17) is 20.5 Å². The molecule has 0 aliphatic carbocycles. The van der Waals surface area contributed by atoms with E-state index >= 15 is 0 Å². The monoisotopic (exact) mass is 220 g/mol. The summed E-state index contributed by atoms with van der Waals surface area (Å²) >= 11 is 0. The summed E-state index contributed by atoms with van der Waals surface area (Å²) in [4.78, 5) is 0. The second-order valence-corrected chi connectivity index (χ2v) is 3.30. The third-order valence-electron chi connectivity index (χ3n) is 2.15. The Morgan fingerprint density at radius 2 is 2.19 bits per heavy atom. The Morgan fingerprint density at radius 1 is 1.38 bits per heavy atom. The average molecular weight is 220 g/mol. The lowest BCUT2D eigenvalue weighted by atomic mass is 10.2. The molecule has 0 atom stereocenters. The number of rotatable bonds is 6. The first-order valence-electron chi connectivity index (χ1n) is 5.18. The molecule has 1 aromatic rings. The smallest absolute Gasteiger partial charge is 0.161 e. The van der Waals surface area contributed by atoms with Gasteiger partial charge in [0, 0.05) is 13.0 Å². The van der Waals surface area contributed by atoms with E-state index in [1.165, 1.54) is 0 Å². The van der Waals surface area contributed by atoms with Crippen molar-refractivity contribution in [2.75, 3.05) is 13.7 Å². The van der Waals surface area contributed by atoms with Crippen LogP contribution in [0.4, 0.5) is 0 Å². The van der Waals surface area contributed by atoms with E-state index in [-0.39, 0.29) is 0 Å².